The van der Waals surface area contributed by atoms with Gasteiger partial charge < -0.3 is 9.47 Å². The van der Waals surface area contributed by atoms with Crippen molar-refractivity contribution >= 4 is 82.3 Å². The number of nitrogens with zero attached hydrogens (tertiary/aromatic N) is 2. The minimum Gasteiger partial charge on any atom is -0.310 e. The number of para-hydroxylation sites is 1. The maximum atomic E-state index is 2.46. The Bertz CT molecular complexity index is 3790. The second-order valence-electron chi connectivity index (χ2n) is 16.8. The van der Waals surface area contributed by atoms with Crippen LogP contribution in [0.15, 0.2) is 243 Å². The zero-order chi connectivity index (χ0) is 42.1. The van der Waals surface area contributed by atoms with E-state index in [1.54, 1.807) is 0 Å². The van der Waals surface area contributed by atoms with Gasteiger partial charge in [0.25, 0.3) is 0 Å². The normalized spacial score (nSPS) is 12.0. The van der Waals surface area contributed by atoms with Gasteiger partial charge in [0.1, 0.15) is 0 Å². The Hall–Kier alpha value is -8.46. The third-order valence-corrected chi connectivity index (χ3v) is 13.3. The average Bonchev–Trinajstić information content (AvgIpc) is 3.86. The third-order valence-electron chi connectivity index (χ3n) is 13.3. The molecule has 298 valence electrons. The van der Waals surface area contributed by atoms with E-state index in [1.165, 1.54) is 104 Å². The fourth-order valence-electron chi connectivity index (χ4n) is 10.5. The fourth-order valence-corrected chi connectivity index (χ4v) is 10.5. The van der Waals surface area contributed by atoms with Gasteiger partial charge in [-0.2, -0.15) is 0 Å². The highest BCUT2D eigenvalue weighted by molar-refractivity contribution is 6.15. The summed E-state index contributed by atoms with van der Waals surface area (Å²) in [5, 5.41) is 9.87. The van der Waals surface area contributed by atoms with Crippen LogP contribution in [0.25, 0.3) is 82.1 Å². The molecule has 1 aromatic heterocycles. The fraction of sp³-hybridized carbons (Fsp3) is 0. The molecule has 64 heavy (non-hydrogen) atoms. The highest BCUT2D eigenvalue weighted by atomic mass is 15.1. The van der Waals surface area contributed by atoms with Crippen LogP contribution in [0.4, 0.5) is 17.1 Å². The molecule has 0 N–H and O–H groups in total. The van der Waals surface area contributed by atoms with Gasteiger partial charge in [-0.3, -0.25) is 0 Å². The van der Waals surface area contributed by atoms with Crippen molar-refractivity contribution in [2.45, 2.75) is 0 Å². The smallest absolute Gasteiger partial charge is 0.0542 e. The highest BCUT2D eigenvalue weighted by Crippen LogP contribution is 2.51. The van der Waals surface area contributed by atoms with Crippen molar-refractivity contribution in [3.8, 4) is 16.8 Å². The summed E-state index contributed by atoms with van der Waals surface area (Å²) in [7, 11) is 0. The van der Waals surface area contributed by atoms with Crippen LogP contribution < -0.4 is 4.90 Å². The van der Waals surface area contributed by atoms with Gasteiger partial charge >= 0.3 is 0 Å². The second kappa shape index (κ2) is 14.6. The largest absolute Gasteiger partial charge is 0.310 e. The summed E-state index contributed by atoms with van der Waals surface area (Å²) >= 11 is 0. The molecule has 1 aliphatic rings. The monoisotopic (exact) mass is 812 g/mol. The van der Waals surface area contributed by atoms with Crippen molar-refractivity contribution in [2.75, 3.05) is 4.90 Å². The van der Waals surface area contributed by atoms with Crippen molar-refractivity contribution in [1.29, 1.82) is 0 Å². The molecular weight excluding hydrogens is 773 g/mol. The predicted molar refractivity (Wildman–Crippen MR) is 271 cm³/mol. The van der Waals surface area contributed by atoms with Gasteiger partial charge in [0, 0.05) is 33.2 Å². The molecule has 0 saturated heterocycles. The van der Waals surface area contributed by atoms with Crippen LogP contribution in [0, 0.1) is 0 Å². The van der Waals surface area contributed by atoms with Crippen molar-refractivity contribution in [3.05, 3.63) is 265 Å². The third kappa shape index (κ3) is 5.66. The van der Waals surface area contributed by atoms with E-state index in [2.05, 4.69) is 252 Å². The second-order valence-corrected chi connectivity index (χ2v) is 16.8. The molecule has 2 heteroatoms. The lowest BCUT2D eigenvalue weighted by atomic mass is 9.88. The zero-order valence-corrected chi connectivity index (χ0v) is 35.0. The van der Waals surface area contributed by atoms with Crippen molar-refractivity contribution in [3.63, 3.8) is 0 Å². The maximum absolute atomic E-state index is 2.46. The molecule has 11 aromatic carbocycles. The average molecular weight is 813 g/mol. The summed E-state index contributed by atoms with van der Waals surface area (Å²) in [6, 6.07) is 89.2. The van der Waals surface area contributed by atoms with Gasteiger partial charge in [0.15, 0.2) is 0 Å². The molecule has 0 spiro atoms. The Kier molecular flexibility index (Phi) is 8.25. The van der Waals surface area contributed by atoms with Crippen LogP contribution in [-0.4, -0.2) is 4.57 Å². The van der Waals surface area contributed by atoms with Crippen molar-refractivity contribution in [2.24, 2.45) is 0 Å². The molecule has 0 saturated carbocycles. The first-order valence-electron chi connectivity index (χ1n) is 22.1. The van der Waals surface area contributed by atoms with Gasteiger partial charge in [-0.05, 0) is 126 Å². The van der Waals surface area contributed by atoms with E-state index in [4.69, 9.17) is 0 Å². The Morgan fingerprint density at radius 2 is 0.828 bits per heavy atom. The standard InChI is InChI=1S/C62H40N2/c1-3-18-43(19-4-1)61(44-20-5-2-6-21-44)62-55-27-12-11-25-52(55)53-36-33-47(40-57(53)62)63(46-32-35-50-45(38-46)31-30-42-17-7-9-23-49(42)50)48-34-37-60-56(39-48)54-26-13-14-28-59(54)64(60)58-29-15-22-41-16-8-10-24-51(41)58/h1-40H. The molecular formula is C62H40N2. The summed E-state index contributed by atoms with van der Waals surface area (Å²) < 4.78 is 2.45. The van der Waals surface area contributed by atoms with Gasteiger partial charge in [0.05, 0.1) is 16.7 Å². The lowest BCUT2D eigenvalue weighted by Gasteiger charge is -2.27. The summed E-state index contributed by atoms with van der Waals surface area (Å²) in [5.74, 6) is 0. The molecule has 0 radical (unpaired) electrons. The van der Waals surface area contributed by atoms with Crippen molar-refractivity contribution < 1.29 is 0 Å². The van der Waals surface area contributed by atoms with Crippen LogP contribution in [0.5, 0.6) is 0 Å². The molecule has 0 atom stereocenters. The van der Waals surface area contributed by atoms with Crippen LogP contribution in [-0.2, 0) is 0 Å². The minimum atomic E-state index is 1.10. The summed E-state index contributed by atoms with van der Waals surface area (Å²) in [6.45, 7) is 0. The number of fused-ring (bicyclic) bond motifs is 10. The van der Waals surface area contributed by atoms with E-state index >= 15 is 0 Å². The minimum absolute atomic E-state index is 1.10. The van der Waals surface area contributed by atoms with Crippen LogP contribution in [0.1, 0.15) is 22.3 Å². The Labute approximate surface area is 371 Å². The summed E-state index contributed by atoms with van der Waals surface area (Å²) in [4.78, 5) is 2.46. The quantitative estimate of drug-likeness (QED) is 0.152. The molecule has 0 bridgehead atoms. The van der Waals surface area contributed by atoms with Crippen LogP contribution >= 0.6 is 0 Å². The van der Waals surface area contributed by atoms with E-state index in [-0.39, 0.29) is 0 Å². The molecule has 1 heterocycles. The van der Waals surface area contributed by atoms with Gasteiger partial charge in [0.2, 0.25) is 0 Å². The first kappa shape index (κ1) is 36.2. The van der Waals surface area contributed by atoms with Gasteiger partial charge in [-0.25, -0.2) is 0 Å². The SMILES string of the molecule is c1ccc(C(=C2c3ccccc3-c3ccc(N(c4ccc5c(ccc6ccccc65)c4)c4ccc5c(c4)c4ccccc4n5-c4cccc5ccccc45)cc32)c2ccccc2)cc1. The highest BCUT2D eigenvalue weighted by Gasteiger charge is 2.29. The molecule has 0 fully saturated rings. The van der Waals surface area contributed by atoms with E-state index < -0.39 is 0 Å². The maximum Gasteiger partial charge on any atom is 0.0542 e. The molecule has 12 aromatic rings. The Morgan fingerprint density at radius 3 is 1.62 bits per heavy atom. The van der Waals surface area contributed by atoms with Gasteiger partial charge in [-0.1, -0.05) is 188 Å². The first-order chi connectivity index (χ1) is 31.8. The zero-order valence-electron chi connectivity index (χ0n) is 35.0. The number of hydrogen-bond donors (Lipinski definition) is 0. The first-order valence-corrected chi connectivity index (χ1v) is 22.1. The number of anilines is 3. The molecule has 13 rings (SSSR count). The van der Waals surface area contributed by atoms with E-state index in [1.807, 2.05) is 0 Å². The summed E-state index contributed by atoms with van der Waals surface area (Å²) in [6.07, 6.45) is 0. The number of aromatic nitrogens is 1. The van der Waals surface area contributed by atoms with E-state index in [0.29, 0.717) is 0 Å². The van der Waals surface area contributed by atoms with Crippen molar-refractivity contribution in [1.82, 2.24) is 4.57 Å². The van der Waals surface area contributed by atoms with Crippen LogP contribution in [0.2, 0.25) is 0 Å². The number of hydrogen-bond acceptors (Lipinski definition) is 1. The van der Waals surface area contributed by atoms with Gasteiger partial charge in [-0.15, -0.1) is 0 Å². The lowest BCUT2D eigenvalue weighted by molar-refractivity contribution is 1.20. The van der Waals surface area contributed by atoms with E-state index in [9.17, 15) is 0 Å². The molecule has 0 aliphatic heterocycles. The van der Waals surface area contributed by atoms with E-state index in [0.717, 1.165) is 17.1 Å². The molecule has 1 aliphatic carbocycles. The van der Waals surface area contributed by atoms with Crippen LogP contribution in [0.3, 0.4) is 0 Å². The number of rotatable bonds is 6. The number of benzene rings is 11. The Balaban J connectivity index is 1.08. The topological polar surface area (TPSA) is 8.17 Å². The summed E-state index contributed by atoms with van der Waals surface area (Å²) in [5.41, 5.74) is 16.7. The Morgan fingerprint density at radius 1 is 0.297 bits per heavy atom. The molecule has 0 amide bonds. The molecule has 0 unspecified atom stereocenters. The predicted octanol–water partition coefficient (Wildman–Crippen LogP) is 16.7. The lowest BCUT2D eigenvalue weighted by Crippen LogP contribution is -2.10. The molecule has 2 nitrogen and oxygen atoms in total.